The molecular weight excluding hydrogens is 426 g/mol. The summed E-state index contributed by atoms with van der Waals surface area (Å²) < 4.78 is 2.28. The highest BCUT2D eigenvalue weighted by atomic mass is 15.0. The molecule has 6 rings (SSSR count). The van der Waals surface area contributed by atoms with Crippen molar-refractivity contribution in [2.24, 2.45) is 0 Å². The van der Waals surface area contributed by atoms with Crippen LogP contribution in [0, 0.1) is 22.7 Å². The number of aromatic nitrogens is 1. The SMILES string of the molecule is N#Cc1cccc(C#N)c1-c1ccc2c(c1)c1ccccc1n2-c1cccc(-c2ccccc2)c1. The van der Waals surface area contributed by atoms with Crippen LogP contribution in [0.2, 0.25) is 0 Å². The van der Waals surface area contributed by atoms with Gasteiger partial charge in [0.15, 0.2) is 0 Å². The maximum absolute atomic E-state index is 9.69. The first-order chi connectivity index (χ1) is 17.3. The van der Waals surface area contributed by atoms with Crippen LogP contribution >= 0.6 is 0 Å². The second kappa shape index (κ2) is 8.34. The Morgan fingerprint density at radius 1 is 0.486 bits per heavy atom. The van der Waals surface area contributed by atoms with Gasteiger partial charge in [-0.25, -0.2) is 0 Å². The quantitative estimate of drug-likeness (QED) is 0.278. The predicted octanol–water partition coefficient (Wildman–Crippen LogP) is 7.86. The maximum Gasteiger partial charge on any atom is 0.0998 e. The zero-order chi connectivity index (χ0) is 23.8. The molecule has 0 aliphatic heterocycles. The van der Waals surface area contributed by atoms with E-state index in [1.807, 2.05) is 18.2 Å². The van der Waals surface area contributed by atoms with Crippen LogP contribution < -0.4 is 0 Å². The zero-order valence-electron chi connectivity index (χ0n) is 18.8. The summed E-state index contributed by atoms with van der Waals surface area (Å²) in [7, 11) is 0. The molecule has 35 heavy (non-hydrogen) atoms. The Labute approximate surface area is 203 Å². The summed E-state index contributed by atoms with van der Waals surface area (Å²) in [5, 5.41) is 21.6. The third-order valence-electron chi connectivity index (χ3n) is 6.48. The average molecular weight is 446 g/mol. The van der Waals surface area contributed by atoms with Gasteiger partial charge in [0, 0.05) is 22.0 Å². The Morgan fingerprint density at radius 3 is 1.91 bits per heavy atom. The fourth-order valence-electron chi connectivity index (χ4n) is 4.91. The Balaban J connectivity index is 1.62. The molecular formula is C32H19N3. The van der Waals surface area contributed by atoms with Crippen LogP contribution in [0.25, 0.3) is 49.7 Å². The molecule has 0 saturated heterocycles. The molecule has 0 atom stereocenters. The summed E-state index contributed by atoms with van der Waals surface area (Å²) in [5.74, 6) is 0. The molecule has 0 spiro atoms. The predicted molar refractivity (Wildman–Crippen MR) is 141 cm³/mol. The van der Waals surface area contributed by atoms with Crippen LogP contribution in [0.5, 0.6) is 0 Å². The van der Waals surface area contributed by atoms with Crippen LogP contribution in [0.4, 0.5) is 0 Å². The van der Waals surface area contributed by atoms with Gasteiger partial charge in [0.25, 0.3) is 0 Å². The van der Waals surface area contributed by atoms with Crippen molar-refractivity contribution in [3.63, 3.8) is 0 Å². The van der Waals surface area contributed by atoms with Gasteiger partial charge in [-0.1, -0.05) is 72.8 Å². The molecule has 0 radical (unpaired) electrons. The Morgan fingerprint density at radius 2 is 1.14 bits per heavy atom. The van der Waals surface area contributed by atoms with Crippen LogP contribution in [-0.2, 0) is 0 Å². The lowest BCUT2D eigenvalue weighted by atomic mass is 9.94. The fourth-order valence-corrected chi connectivity index (χ4v) is 4.91. The van der Waals surface area contributed by atoms with E-state index in [2.05, 4.69) is 95.6 Å². The molecule has 0 bridgehead atoms. The standard InChI is InChI=1S/C32H19N3/c33-20-25-11-6-12-26(21-34)32(25)24-16-17-31-29(19-24)28-14-4-5-15-30(28)35(31)27-13-7-10-23(18-27)22-8-2-1-3-9-22/h1-19H. The molecule has 1 aromatic heterocycles. The lowest BCUT2D eigenvalue weighted by molar-refractivity contribution is 1.18. The minimum Gasteiger partial charge on any atom is -0.309 e. The third kappa shape index (κ3) is 3.35. The minimum atomic E-state index is 0.503. The number of rotatable bonds is 3. The normalized spacial score (nSPS) is 10.8. The van der Waals surface area contributed by atoms with Crippen molar-refractivity contribution in [2.45, 2.75) is 0 Å². The van der Waals surface area contributed by atoms with Crippen molar-refractivity contribution in [2.75, 3.05) is 0 Å². The van der Waals surface area contributed by atoms with Gasteiger partial charge in [-0.15, -0.1) is 0 Å². The number of para-hydroxylation sites is 1. The summed E-state index contributed by atoms with van der Waals surface area (Å²) in [4.78, 5) is 0. The van der Waals surface area contributed by atoms with Gasteiger partial charge in [-0.3, -0.25) is 0 Å². The molecule has 0 aliphatic rings. The summed E-state index contributed by atoms with van der Waals surface area (Å²) in [6, 6.07) is 43.3. The molecule has 3 nitrogen and oxygen atoms in total. The second-order valence-corrected chi connectivity index (χ2v) is 8.45. The van der Waals surface area contributed by atoms with Crippen molar-refractivity contribution >= 4 is 21.8 Å². The van der Waals surface area contributed by atoms with Gasteiger partial charge in [-0.05, 0) is 59.2 Å². The van der Waals surface area contributed by atoms with Crippen LogP contribution in [-0.4, -0.2) is 4.57 Å². The van der Waals surface area contributed by atoms with Crippen LogP contribution in [0.3, 0.4) is 0 Å². The summed E-state index contributed by atoms with van der Waals surface area (Å²) >= 11 is 0. The lowest BCUT2D eigenvalue weighted by Crippen LogP contribution is -1.94. The van der Waals surface area contributed by atoms with E-state index in [-0.39, 0.29) is 0 Å². The van der Waals surface area contributed by atoms with Crippen LogP contribution in [0.1, 0.15) is 11.1 Å². The smallest absolute Gasteiger partial charge is 0.0998 e. The van der Waals surface area contributed by atoms with E-state index in [0.29, 0.717) is 16.7 Å². The Kier molecular flexibility index (Phi) is 4.88. The van der Waals surface area contributed by atoms with E-state index in [4.69, 9.17) is 0 Å². The molecule has 0 amide bonds. The number of hydrogen-bond acceptors (Lipinski definition) is 2. The van der Waals surface area contributed by atoms with Crippen molar-refractivity contribution in [3.8, 4) is 40.1 Å². The van der Waals surface area contributed by atoms with Crippen molar-refractivity contribution in [1.82, 2.24) is 4.57 Å². The third-order valence-corrected chi connectivity index (χ3v) is 6.48. The van der Waals surface area contributed by atoms with Crippen molar-refractivity contribution in [3.05, 3.63) is 126 Å². The number of benzene rings is 5. The van der Waals surface area contributed by atoms with Gasteiger partial charge >= 0.3 is 0 Å². The highest BCUT2D eigenvalue weighted by Gasteiger charge is 2.16. The molecule has 5 aromatic carbocycles. The molecule has 0 unspecified atom stereocenters. The highest BCUT2D eigenvalue weighted by Crippen LogP contribution is 2.37. The van der Waals surface area contributed by atoms with Gasteiger partial charge in [-0.2, -0.15) is 10.5 Å². The molecule has 0 aliphatic carbocycles. The number of nitrogens with zero attached hydrogens (tertiary/aromatic N) is 3. The van der Waals surface area contributed by atoms with Gasteiger partial charge in [0.05, 0.1) is 34.3 Å². The molecule has 0 N–H and O–H groups in total. The van der Waals surface area contributed by atoms with Crippen LogP contribution in [0.15, 0.2) is 115 Å². The van der Waals surface area contributed by atoms with E-state index in [0.717, 1.165) is 38.6 Å². The molecule has 162 valence electrons. The maximum atomic E-state index is 9.69. The van der Waals surface area contributed by atoms with E-state index >= 15 is 0 Å². The number of fused-ring (bicyclic) bond motifs is 3. The van der Waals surface area contributed by atoms with E-state index in [9.17, 15) is 10.5 Å². The zero-order valence-corrected chi connectivity index (χ0v) is 18.8. The molecule has 1 heterocycles. The summed E-state index contributed by atoms with van der Waals surface area (Å²) in [6.45, 7) is 0. The lowest BCUT2D eigenvalue weighted by Gasteiger charge is -2.11. The average Bonchev–Trinajstić information content (AvgIpc) is 3.26. The Hall–Kier alpha value is -5.12. The largest absolute Gasteiger partial charge is 0.309 e. The van der Waals surface area contributed by atoms with E-state index < -0.39 is 0 Å². The molecule has 0 saturated carbocycles. The first-order valence-corrected chi connectivity index (χ1v) is 11.4. The second-order valence-electron chi connectivity index (χ2n) is 8.45. The van der Waals surface area contributed by atoms with E-state index in [1.54, 1.807) is 18.2 Å². The number of nitriles is 2. The summed E-state index contributed by atoms with van der Waals surface area (Å²) in [6.07, 6.45) is 0. The Bertz CT molecular complexity index is 1780. The van der Waals surface area contributed by atoms with Crippen molar-refractivity contribution in [1.29, 1.82) is 10.5 Å². The first kappa shape index (κ1) is 20.5. The van der Waals surface area contributed by atoms with Gasteiger partial charge in [0.1, 0.15) is 0 Å². The minimum absolute atomic E-state index is 0.503. The fraction of sp³-hybridized carbons (Fsp3) is 0. The molecule has 6 aromatic rings. The summed E-state index contributed by atoms with van der Waals surface area (Å²) in [5.41, 5.74) is 8.16. The monoisotopic (exact) mass is 445 g/mol. The molecule has 3 heteroatoms. The van der Waals surface area contributed by atoms with Gasteiger partial charge < -0.3 is 4.57 Å². The molecule has 0 fully saturated rings. The number of hydrogen-bond donors (Lipinski definition) is 0. The first-order valence-electron chi connectivity index (χ1n) is 11.4. The topological polar surface area (TPSA) is 52.5 Å². The van der Waals surface area contributed by atoms with Crippen molar-refractivity contribution < 1.29 is 0 Å². The van der Waals surface area contributed by atoms with E-state index in [1.165, 1.54) is 5.56 Å². The van der Waals surface area contributed by atoms with Gasteiger partial charge in [0.2, 0.25) is 0 Å². The highest BCUT2D eigenvalue weighted by molar-refractivity contribution is 6.10.